The van der Waals surface area contributed by atoms with Crippen LogP contribution in [0.2, 0.25) is 0 Å². The summed E-state index contributed by atoms with van der Waals surface area (Å²) in [6.45, 7) is 5.25. The predicted molar refractivity (Wildman–Crippen MR) is 47.8 cm³/mol. The Balaban J connectivity index is 2.02. The summed E-state index contributed by atoms with van der Waals surface area (Å²) in [5.41, 5.74) is 5.64. The molecular weight excluding hydrogens is 152 g/mol. The molecule has 2 N–H and O–H groups in total. The highest BCUT2D eigenvalue weighted by atomic mass is 16.5. The van der Waals surface area contributed by atoms with Gasteiger partial charge in [-0.1, -0.05) is 0 Å². The minimum atomic E-state index is -0.398. The van der Waals surface area contributed by atoms with Crippen LogP contribution in [0.4, 0.5) is 0 Å². The van der Waals surface area contributed by atoms with E-state index < -0.39 is 5.72 Å². The zero-order valence-corrected chi connectivity index (χ0v) is 7.75. The molecule has 70 valence electrons. The van der Waals surface area contributed by atoms with Crippen LogP contribution in [0.5, 0.6) is 0 Å². The monoisotopic (exact) mass is 170 g/mol. The summed E-state index contributed by atoms with van der Waals surface area (Å²) >= 11 is 0. The number of hydrogen-bond donors (Lipinski definition) is 1. The predicted octanol–water partition coefficient (Wildman–Crippen LogP) is 0.546. The van der Waals surface area contributed by atoms with E-state index in [2.05, 4.69) is 4.90 Å². The van der Waals surface area contributed by atoms with Crippen LogP contribution in [0.25, 0.3) is 0 Å². The van der Waals surface area contributed by atoms with Crippen molar-refractivity contribution in [1.82, 2.24) is 4.90 Å². The SMILES string of the molecule is CC1(N)OCCC1N1CCCC1. The maximum absolute atomic E-state index is 6.04. The van der Waals surface area contributed by atoms with E-state index in [1.54, 1.807) is 0 Å². The average Bonchev–Trinajstić information content (AvgIpc) is 2.55. The Morgan fingerprint density at radius 3 is 2.58 bits per heavy atom. The van der Waals surface area contributed by atoms with Crippen LogP contribution < -0.4 is 5.73 Å². The molecule has 2 aliphatic rings. The van der Waals surface area contributed by atoms with Gasteiger partial charge in [0.2, 0.25) is 0 Å². The van der Waals surface area contributed by atoms with E-state index in [4.69, 9.17) is 10.5 Å². The lowest BCUT2D eigenvalue weighted by molar-refractivity contribution is -0.0151. The number of ether oxygens (including phenoxy) is 1. The molecule has 0 radical (unpaired) electrons. The highest BCUT2D eigenvalue weighted by Gasteiger charge is 2.40. The lowest BCUT2D eigenvalue weighted by atomic mass is 10.1. The third-order valence-corrected chi connectivity index (χ3v) is 3.05. The number of nitrogens with zero attached hydrogens (tertiary/aromatic N) is 1. The van der Waals surface area contributed by atoms with E-state index >= 15 is 0 Å². The number of rotatable bonds is 1. The summed E-state index contributed by atoms with van der Waals surface area (Å²) in [7, 11) is 0. The first-order valence-electron chi connectivity index (χ1n) is 4.87. The van der Waals surface area contributed by atoms with E-state index in [1.807, 2.05) is 6.92 Å². The Kier molecular flexibility index (Phi) is 2.10. The molecule has 0 bridgehead atoms. The molecule has 0 spiro atoms. The molecular formula is C9H18N2O. The third-order valence-electron chi connectivity index (χ3n) is 3.05. The second-order valence-electron chi connectivity index (χ2n) is 4.08. The molecule has 2 unspecified atom stereocenters. The van der Waals surface area contributed by atoms with Gasteiger partial charge in [0, 0.05) is 0 Å². The van der Waals surface area contributed by atoms with Crippen LogP contribution in [0, 0.1) is 0 Å². The number of likely N-dealkylation sites (tertiary alicyclic amines) is 1. The van der Waals surface area contributed by atoms with Crippen molar-refractivity contribution in [2.45, 2.75) is 38.0 Å². The van der Waals surface area contributed by atoms with Gasteiger partial charge >= 0.3 is 0 Å². The van der Waals surface area contributed by atoms with Crippen LogP contribution in [-0.2, 0) is 4.74 Å². The molecule has 0 amide bonds. The lowest BCUT2D eigenvalue weighted by Gasteiger charge is -2.32. The summed E-state index contributed by atoms with van der Waals surface area (Å²) in [5, 5.41) is 0. The van der Waals surface area contributed by atoms with Crippen LogP contribution in [0.3, 0.4) is 0 Å². The number of nitrogens with two attached hydrogens (primary N) is 1. The van der Waals surface area contributed by atoms with Crippen molar-refractivity contribution < 1.29 is 4.74 Å². The maximum Gasteiger partial charge on any atom is 0.129 e. The minimum absolute atomic E-state index is 0.398. The van der Waals surface area contributed by atoms with E-state index in [-0.39, 0.29) is 0 Å². The van der Waals surface area contributed by atoms with Gasteiger partial charge in [-0.15, -0.1) is 0 Å². The molecule has 2 rings (SSSR count). The van der Waals surface area contributed by atoms with Gasteiger partial charge in [0.15, 0.2) is 0 Å². The first kappa shape index (κ1) is 8.48. The zero-order chi connectivity index (χ0) is 8.60. The summed E-state index contributed by atoms with van der Waals surface area (Å²) in [6.07, 6.45) is 3.76. The Bertz CT molecular complexity index is 164. The third kappa shape index (κ3) is 1.37. The molecule has 2 saturated heterocycles. The normalized spacial score (nSPS) is 44.0. The number of hydrogen-bond acceptors (Lipinski definition) is 3. The summed E-state index contributed by atoms with van der Waals surface area (Å²) in [6, 6.07) is 0.458. The second kappa shape index (κ2) is 2.98. The highest BCUT2D eigenvalue weighted by molar-refractivity contribution is 4.92. The van der Waals surface area contributed by atoms with Crippen LogP contribution in [0.15, 0.2) is 0 Å². The summed E-state index contributed by atoms with van der Waals surface area (Å²) in [5.74, 6) is 0. The van der Waals surface area contributed by atoms with Gasteiger partial charge in [0.05, 0.1) is 12.6 Å². The molecule has 12 heavy (non-hydrogen) atoms. The maximum atomic E-state index is 6.04. The standard InChI is InChI=1S/C9H18N2O/c1-9(10)8(4-7-12-9)11-5-2-3-6-11/h8H,2-7,10H2,1H3. The molecule has 2 heterocycles. The second-order valence-corrected chi connectivity index (χ2v) is 4.08. The smallest absolute Gasteiger partial charge is 0.129 e. The molecule has 0 aromatic rings. The Hall–Kier alpha value is -0.120. The van der Waals surface area contributed by atoms with Crippen LogP contribution in [0.1, 0.15) is 26.2 Å². The largest absolute Gasteiger partial charge is 0.359 e. The first-order chi connectivity index (χ1) is 5.70. The molecule has 3 heteroatoms. The molecule has 3 nitrogen and oxygen atoms in total. The first-order valence-corrected chi connectivity index (χ1v) is 4.87. The van der Waals surface area contributed by atoms with Crippen molar-refractivity contribution in [1.29, 1.82) is 0 Å². The summed E-state index contributed by atoms with van der Waals surface area (Å²) < 4.78 is 5.50. The average molecular weight is 170 g/mol. The molecule has 0 aromatic carbocycles. The Morgan fingerprint density at radius 2 is 2.08 bits per heavy atom. The molecule has 2 aliphatic heterocycles. The molecule has 0 aliphatic carbocycles. The van der Waals surface area contributed by atoms with Crippen molar-refractivity contribution in [2.75, 3.05) is 19.7 Å². The molecule has 0 saturated carbocycles. The van der Waals surface area contributed by atoms with E-state index in [1.165, 1.54) is 25.9 Å². The topological polar surface area (TPSA) is 38.5 Å². The van der Waals surface area contributed by atoms with E-state index in [0.29, 0.717) is 6.04 Å². The zero-order valence-electron chi connectivity index (χ0n) is 7.75. The van der Waals surface area contributed by atoms with Gasteiger partial charge in [-0.25, -0.2) is 0 Å². The van der Waals surface area contributed by atoms with Crippen molar-refractivity contribution in [3.05, 3.63) is 0 Å². The fraction of sp³-hybridized carbons (Fsp3) is 1.00. The highest BCUT2D eigenvalue weighted by Crippen LogP contribution is 2.27. The van der Waals surface area contributed by atoms with Crippen molar-refractivity contribution in [2.24, 2.45) is 5.73 Å². The molecule has 0 aromatic heterocycles. The molecule has 2 fully saturated rings. The Morgan fingerprint density at radius 1 is 1.42 bits per heavy atom. The van der Waals surface area contributed by atoms with Crippen LogP contribution >= 0.6 is 0 Å². The van der Waals surface area contributed by atoms with Crippen molar-refractivity contribution in [3.63, 3.8) is 0 Å². The van der Waals surface area contributed by atoms with E-state index in [9.17, 15) is 0 Å². The van der Waals surface area contributed by atoms with Gasteiger partial charge < -0.3 is 10.5 Å². The van der Waals surface area contributed by atoms with Crippen LogP contribution in [-0.4, -0.2) is 36.4 Å². The fourth-order valence-electron chi connectivity index (χ4n) is 2.37. The van der Waals surface area contributed by atoms with Gasteiger partial charge in [-0.05, 0) is 39.3 Å². The van der Waals surface area contributed by atoms with Crippen molar-refractivity contribution in [3.8, 4) is 0 Å². The van der Waals surface area contributed by atoms with Gasteiger partial charge in [-0.3, -0.25) is 4.90 Å². The van der Waals surface area contributed by atoms with Crippen molar-refractivity contribution >= 4 is 0 Å². The fourth-order valence-corrected chi connectivity index (χ4v) is 2.37. The molecule has 2 atom stereocenters. The van der Waals surface area contributed by atoms with Gasteiger partial charge in [0.1, 0.15) is 5.72 Å². The van der Waals surface area contributed by atoms with Gasteiger partial charge in [-0.2, -0.15) is 0 Å². The minimum Gasteiger partial charge on any atom is -0.359 e. The van der Waals surface area contributed by atoms with Gasteiger partial charge in [0.25, 0.3) is 0 Å². The van der Waals surface area contributed by atoms with E-state index in [0.717, 1.165) is 13.0 Å². The Labute approximate surface area is 73.9 Å². The quantitative estimate of drug-likeness (QED) is 0.624. The summed E-state index contributed by atoms with van der Waals surface area (Å²) in [4.78, 5) is 2.48. The lowest BCUT2D eigenvalue weighted by Crippen LogP contribution is -2.53.